The van der Waals surface area contributed by atoms with Gasteiger partial charge in [-0.15, -0.1) is 0 Å². The quantitative estimate of drug-likeness (QED) is 0.795. The van der Waals surface area contributed by atoms with Crippen LogP contribution in [0.3, 0.4) is 0 Å². The molecule has 0 bridgehead atoms. The summed E-state index contributed by atoms with van der Waals surface area (Å²) < 4.78 is 5.58. The average Bonchev–Trinajstić information content (AvgIpc) is 2.97. The zero-order valence-electron chi connectivity index (χ0n) is 14.9. The number of amides is 2. The highest BCUT2D eigenvalue weighted by Gasteiger charge is 2.21. The number of nitrogens with one attached hydrogen (secondary N) is 1. The molecule has 0 radical (unpaired) electrons. The molecular formula is C19H28N2O3. The second-order valence-corrected chi connectivity index (χ2v) is 6.87. The lowest BCUT2D eigenvalue weighted by atomic mass is 10.0. The van der Waals surface area contributed by atoms with Gasteiger partial charge in [0.15, 0.2) is 6.61 Å². The van der Waals surface area contributed by atoms with Gasteiger partial charge in [0.25, 0.3) is 5.91 Å². The lowest BCUT2D eigenvalue weighted by Crippen LogP contribution is -2.36. The van der Waals surface area contributed by atoms with E-state index in [1.807, 2.05) is 25.1 Å². The summed E-state index contributed by atoms with van der Waals surface area (Å²) in [5, 5.41) is 2.95. The Labute approximate surface area is 144 Å². The van der Waals surface area contributed by atoms with Gasteiger partial charge in [-0.2, -0.15) is 0 Å². The van der Waals surface area contributed by atoms with E-state index >= 15 is 0 Å². The maximum absolute atomic E-state index is 12.0. The fraction of sp³-hybridized carbons (Fsp3) is 0.579. The second kappa shape index (κ2) is 8.71. The number of hydrogen-bond donors (Lipinski definition) is 1. The molecule has 1 aromatic rings. The molecule has 132 valence electrons. The van der Waals surface area contributed by atoms with Gasteiger partial charge in [-0.3, -0.25) is 9.59 Å². The smallest absolute Gasteiger partial charge is 0.258 e. The summed E-state index contributed by atoms with van der Waals surface area (Å²) in [7, 11) is 0. The SMILES string of the molecule is CC(C)CC[C@H](C)NC(=O)COc1cccc(N2CCCC2=O)c1. The first-order valence-corrected chi connectivity index (χ1v) is 8.78. The lowest BCUT2D eigenvalue weighted by molar-refractivity contribution is -0.123. The number of ether oxygens (including phenoxy) is 1. The Kier molecular flexibility index (Phi) is 6.64. The Morgan fingerprint density at radius 1 is 1.29 bits per heavy atom. The fourth-order valence-corrected chi connectivity index (χ4v) is 2.78. The topological polar surface area (TPSA) is 58.6 Å². The van der Waals surface area contributed by atoms with Crippen molar-refractivity contribution < 1.29 is 14.3 Å². The molecule has 5 heteroatoms. The number of anilines is 1. The minimum absolute atomic E-state index is 0.0105. The first-order valence-electron chi connectivity index (χ1n) is 8.78. The Bertz CT molecular complexity index is 571. The van der Waals surface area contributed by atoms with Crippen LogP contribution in [0.2, 0.25) is 0 Å². The van der Waals surface area contributed by atoms with Crippen LogP contribution in [0.15, 0.2) is 24.3 Å². The predicted octanol–water partition coefficient (Wildman–Crippen LogP) is 3.13. The summed E-state index contributed by atoms with van der Waals surface area (Å²) >= 11 is 0. The standard InChI is InChI=1S/C19H28N2O3/c1-14(2)9-10-15(3)20-18(22)13-24-17-7-4-6-16(12-17)21-11-5-8-19(21)23/h4,6-7,12,14-15H,5,8-11,13H2,1-3H3,(H,20,22)/t15-/m0/s1. The van der Waals surface area contributed by atoms with Crippen LogP contribution in [0, 0.1) is 5.92 Å². The molecular weight excluding hydrogens is 304 g/mol. The van der Waals surface area contributed by atoms with E-state index in [2.05, 4.69) is 19.2 Å². The van der Waals surface area contributed by atoms with E-state index in [-0.39, 0.29) is 24.5 Å². The monoisotopic (exact) mass is 332 g/mol. The molecule has 0 saturated carbocycles. The van der Waals surface area contributed by atoms with Gasteiger partial charge in [0.05, 0.1) is 0 Å². The van der Waals surface area contributed by atoms with Gasteiger partial charge in [-0.25, -0.2) is 0 Å². The van der Waals surface area contributed by atoms with Crippen molar-refractivity contribution in [3.05, 3.63) is 24.3 Å². The highest BCUT2D eigenvalue weighted by molar-refractivity contribution is 5.95. The number of carbonyl (C=O) groups is 2. The van der Waals surface area contributed by atoms with Crippen molar-refractivity contribution >= 4 is 17.5 Å². The van der Waals surface area contributed by atoms with Crippen LogP contribution in [0.1, 0.15) is 46.5 Å². The summed E-state index contributed by atoms with van der Waals surface area (Å²) in [6, 6.07) is 7.51. The summed E-state index contributed by atoms with van der Waals surface area (Å²) in [5.41, 5.74) is 0.834. The van der Waals surface area contributed by atoms with Crippen molar-refractivity contribution in [1.29, 1.82) is 0 Å². The van der Waals surface area contributed by atoms with Gasteiger partial charge < -0.3 is 15.0 Å². The molecule has 0 aromatic heterocycles. The third-order valence-corrected chi connectivity index (χ3v) is 4.16. The van der Waals surface area contributed by atoms with Crippen LogP contribution >= 0.6 is 0 Å². The van der Waals surface area contributed by atoms with Gasteiger partial charge in [0.2, 0.25) is 5.91 Å². The number of rotatable bonds is 8. The number of nitrogens with zero attached hydrogens (tertiary/aromatic N) is 1. The molecule has 1 N–H and O–H groups in total. The zero-order valence-corrected chi connectivity index (χ0v) is 14.9. The Balaban J connectivity index is 1.81. The van der Waals surface area contributed by atoms with E-state index < -0.39 is 0 Å². The molecule has 1 heterocycles. The van der Waals surface area contributed by atoms with E-state index in [4.69, 9.17) is 4.74 Å². The largest absolute Gasteiger partial charge is 0.484 e. The second-order valence-electron chi connectivity index (χ2n) is 6.87. The molecule has 1 aliphatic heterocycles. The zero-order chi connectivity index (χ0) is 17.5. The molecule has 0 unspecified atom stereocenters. The molecule has 1 fully saturated rings. The minimum Gasteiger partial charge on any atom is -0.484 e. The number of hydrogen-bond acceptors (Lipinski definition) is 3. The van der Waals surface area contributed by atoms with Gasteiger partial charge in [0.1, 0.15) is 5.75 Å². The van der Waals surface area contributed by atoms with Crippen LogP contribution in [0.5, 0.6) is 5.75 Å². The summed E-state index contributed by atoms with van der Waals surface area (Å²) in [5.74, 6) is 1.27. The summed E-state index contributed by atoms with van der Waals surface area (Å²) in [4.78, 5) is 25.5. The molecule has 24 heavy (non-hydrogen) atoms. The number of benzene rings is 1. The van der Waals surface area contributed by atoms with E-state index in [1.165, 1.54) is 0 Å². The molecule has 1 aliphatic rings. The molecule has 2 amide bonds. The molecule has 0 spiro atoms. The van der Waals surface area contributed by atoms with E-state index in [9.17, 15) is 9.59 Å². The normalized spacial score (nSPS) is 15.7. The van der Waals surface area contributed by atoms with Gasteiger partial charge in [0, 0.05) is 30.8 Å². The summed E-state index contributed by atoms with van der Waals surface area (Å²) in [6.07, 6.45) is 3.55. The summed E-state index contributed by atoms with van der Waals surface area (Å²) in [6.45, 7) is 7.10. The Morgan fingerprint density at radius 2 is 2.08 bits per heavy atom. The van der Waals surface area contributed by atoms with Crippen molar-refractivity contribution in [2.24, 2.45) is 5.92 Å². The van der Waals surface area contributed by atoms with Crippen molar-refractivity contribution in [3.63, 3.8) is 0 Å². The van der Waals surface area contributed by atoms with Crippen LogP contribution in [0.4, 0.5) is 5.69 Å². The molecule has 1 atom stereocenters. The third-order valence-electron chi connectivity index (χ3n) is 4.16. The van der Waals surface area contributed by atoms with Gasteiger partial charge in [-0.1, -0.05) is 19.9 Å². The fourth-order valence-electron chi connectivity index (χ4n) is 2.78. The van der Waals surface area contributed by atoms with Crippen molar-refractivity contribution in [3.8, 4) is 5.75 Å². The molecule has 0 aliphatic carbocycles. The van der Waals surface area contributed by atoms with E-state index in [0.29, 0.717) is 18.1 Å². The van der Waals surface area contributed by atoms with Crippen LogP contribution in [0.25, 0.3) is 0 Å². The predicted molar refractivity (Wildman–Crippen MR) is 95.2 cm³/mol. The van der Waals surface area contributed by atoms with Gasteiger partial charge >= 0.3 is 0 Å². The number of carbonyl (C=O) groups excluding carboxylic acids is 2. The highest BCUT2D eigenvalue weighted by atomic mass is 16.5. The van der Waals surface area contributed by atoms with Gasteiger partial charge in [-0.05, 0) is 44.2 Å². The molecule has 1 saturated heterocycles. The van der Waals surface area contributed by atoms with Crippen molar-refractivity contribution in [2.45, 2.75) is 52.5 Å². The first kappa shape index (κ1) is 18.3. The van der Waals surface area contributed by atoms with Crippen molar-refractivity contribution in [2.75, 3.05) is 18.1 Å². The highest BCUT2D eigenvalue weighted by Crippen LogP contribution is 2.25. The average molecular weight is 332 g/mol. The molecule has 5 nitrogen and oxygen atoms in total. The maximum Gasteiger partial charge on any atom is 0.258 e. The maximum atomic E-state index is 12.0. The Hall–Kier alpha value is -2.04. The lowest BCUT2D eigenvalue weighted by Gasteiger charge is -2.17. The van der Waals surface area contributed by atoms with Crippen LogP contribution < -0.4 is 15.0 Å². The van der Waals surface area contributed by atoms with Crippen LogP contribution in [-0.4, -0.2) is 31.0 Å². The molecule has 2 rings (SSSR count). The third kappa shape index (κ3) is 5.55. The Morgan fingerprint density at radius 3 is 2.75 bits per heavy atom. The van der Waals surface area contributed by atoms with E-state index in [1.54, 1.807) is 11.0 Å². The van der Waals surface area contributed by atoms with Crippen molar-refractivity contribution in [1.82, 2.24) is 5.32 Å². The van der Waals surface area contributed by atoms with E-state index in [0.717, 1.165) is 31.5 Å². The minimum atomic E-state index is -0.117. The van der Waals surface area contributed by atoms with Crippen LogP contribution in [-0.2, 0) is 9.59 Å². The molecule has 1 aromatic carbocycles. The first-order chi connectivity index (χ1) is 11.5.